The lowest BCUT2D eigenvalue weighted by atomic mass is 9.87. The number of halogens is 1. The molecular weight excluding hydrogens is 434 g/mol. The number of nitrogen functional groups attached to an aromatic ring is 1. The van der Waals surface area contributed by atoms with Gasteiger partial charge in [-0.25, -0.2) is 4.68 Å². The number of hydrogen-bond acceptors (Lipinski definition) is 6. The summed E-state index contributed by atoms with van der Waals surface area (Å²) in [5, 5.41) is 11.8. The van der Waals surface area contributed by atoms with Crippen LogP contribution in [0.3, 0.4) is 0 Å². The SMILES string of the molecule is Cc1ccc(NC(=O)CSc2nnc(COc3ccc(C(C)(C)C)cc3)n2N)c(Cl)c1. The molecule has 0 saturated heterocycles. The number of amides is 1. The molecule has 0 aliphatic carbocycles. The molecule has 0 spiro atoms. The number of benzene rings is 2. The second kappa shape index (κ2) is 9.62. The summed E-state index contributed by atoms with van der Waals surface area (Å²) in [6, 6.07) is 13.4. The van der Waals surface area contributed by atoms with Gasteiger partial charge in [-0.05, 0) is 47.7 Å². The van der Waals surface area contributed by atoms with Gasteiger partial charge in [0.1, 0.15) is 12.4 Å². The quantitative estimate of drug-likeness (QED) is 0.397. The molecule has 0 unspecified atom stereocenters. The van der Waals surface area contributed by atoms with Crippen LogP contribution in [-0.2, 0) is 16.8 Å². The minimum Gasteiger partial charge on any atom is -0.486 e. The minimum absolute atomic E-state index is 0.0825. The number of carbonyl (C=O) groups is 1. The molecule has 0 atom stereocenters. The van der Waals surface area contributed by atoms with Crippen molar-refractivity contribution in [1.82, 2.24) is 14.9 Å². The van der Waals surface area contributed by atoms with Crippen LogP contribution in [-0.4, -0.2) is 26.5 Å². The molecule has 0 aliphatic rings. The molecule has 0 bridgehead atoms. The molecule has 9 heteroatoms. The molecule has 31 heavy (non-hydrogen) atoms. The van der Waals surface area contributed by atoms with E-state index in [1.54, 1.807) is 12.1 Å². The molecule has 0 fully saturated rings. The molecule has 164 valence electrons. The number of carbonyl (C=O) groups excluding carboxylic acids is 1. The third-order valence-electron chi connectivity index (χ3n) is 4.55. The van der Waals surface area contributed by atoms with Crippen molar-refractivity contribution in [2.75, 3.05) is 16.9 Å². The minimum atomic E-state index is -0.213. The highest BCUT2D eigenvalue weighted by molar-refractivity contribution is 7.99. The Hall–Kier alpha value is -2.71. The Kier molecular flexibility index (Phi) is 7.12. The Morgan fingerprint density at radius 2 is 1.90 bits per heavy atom. The molecule has 0 saturated carbocycles. The van der Waals surface area contributed by atoms with E-state index in [-0.39, 0.29) is 23.7 Å². The Balaban J connectivity index is 1.53. The third kappa shape index (κ3) is 6.15. The van der Waals surface area contributed by atoms with Gasteiger partial charge in [0.05, 0.1) is 16.5 Å². The lowest BCUT2D eigenvalue weighted by Gasteiger charge is -2.19. The fourth-order valence-corrected chi connectivity index (χ4v) is 3.70. The molecule has 3 aromatic rings. The summed E-state index contributed by atoms with van der Waals surface area (Å²) in [6.45, 7) is 8.59. The van der Waals surface area contributed by atoms with Gasteiger partial charge in [-0.2, -0.15) is 0 Å². The molecule has 3 N–H and O–H groups in total. The van der Waals surface area contributed by atoms with Crippen LogP contribution >= 0.6 is 23.4 Å². The van der Waals surface area contributed by atoms with Crippen molar-refractivity contribution >= 4 is 35.0 Å². The van der Waals surface area contributed by atoms with Crippen LogP contribution in [0.5, 0.6) is 5.75 Å². The molecular formula is C22H26ClN5O2S. The molecule has 7 nitrogen and oxygen atoms in total. The predicted octanol–water partition coefficient (Wildman–Crippen LogP) is 4.56. The molecule has 3 rings (SSSR count). The van der Waals surface area contributed by atoms with Crippen LogP contribution in [0.25, 0.3) is 0 Å². The van der Waals surface area contributed by atoms with E-state index < -0.39 is 0 Å². The van der Waals surface area contributed by atoms with E-state index in [0.29, 0.717) is 21.7 Å². The zero-order valence-corrected chi connectivity index (χ0v) is 19.5. The van der Waals surface area contributed by atoms with Gasteiger partial charge in [0.15, 0.2) is 5.82 Å². The van der Waals surface area contributed by atoms with E-state index in [9.17, 15) is 4.79 Å². The van der Waals surface area contributed by atoms with Crippen LogP contribution in [0, 0.1) is 6.92 Å². The fraction of sp³-hybridized carbons (Fsp3) is 0.318. The summed E-state index contributed by atoms with van der Waals surface area (Å²) in [5.74, 6) is 7.16. The van der Waals surface area contributed by atoms with Crippen LogP contribution in [0.15, 0.2) is 47.6 Å². The Morgan fingerprint density at radius 1 is 1.19 bits per heavy atom. The van der Waals surface area contributed by atoms with Gasteiger partial charge in [-0.3, -0.25) is 4.79 Å². The molecule has 0 radical (unpaired) electrons. The van der Waals surface area contributed by atoms with E-state index in [1.165, 1.54) is 22.0 Å². The number of anilines is 1. The monoisotopic (exact) mass is 459 g/mol. The normalized spacial score (nSPS) is 11.4. The van der Waals surface area contributed by atoms with Crippen LogP contribution < -0.4 is 15.9 Å². The van der Waals surface area contributed by atoms with Crippen molar-refractivity contribution in [3.8, 4) is 5.75 Å². The number of nitrogens with zero attached hydrogens (tertiary/aromatic N) is 3. The van der Waals surface area contributed by atoms with Crippen molar-refractivity contribution in [1.29, 1.82) is 0 Å². The average molecular weight is 460 g/mol. The largest absolute Gasteiger partial charge is 0.486 e. The first-order chi connectivity index (χ1) is 14.6. The third-order valence-corrected chi connectivity index (χ3v) is 5.81. The second-order valence-electron chi connectivity index (χ2n) is 8.15. The Morgan fingerprint density at radius 3 is 2.55 bits per heavy atom. The smallest absolute Gasteiger partial charge is 0.234 e. The van der Waals surface area contributed by atoms with Gasteiger partial charge in [0, 0.05) is 0 Å². The van der Waals surface area contributed by atoms with E-state index >= 15 is 0 Å². The molecule has 1 heterocycles. The first-order valence-corrected chi connectivity index (χ1v) is 11.1. The maximum atomic E-state index is 12.2. The predicted molar refractivity (Wildman–Crippen MR) is 125 cm³/mol. The van der Waals surface area contributed by atoms with Gasteiger partial charge in [0.25, 0.3) is 0 Å². The summed E-state index contributed by atoms with van der Waals surface area (Å²) >= 11 is 7.34. The van der Waals surface area contributed by atoms with Crippen molar-refractivity contribution in [3.05, 3.63) is 64.4 Å². The average Bonchev–Trinajstić information content (AvgIpc) is 3.06. The topological polar surface area (TPSA) is 95.1 Å². The van der Waals surface area contributed by atoms with Crippen LogP contribution in [0.4, 0.5) is 5.69 Å². The van der Waals surface area contributed by atoms with E-state index in [4.69, 9.17) is 22.2 Å². The number of aryl methyl sites for hydroxylation is 1. The Bertz CT molecular complexity index is 1060. The van der Waals surface area contributed by atoms with E-state index in [0.717, 1.165) is 11.3 Å². The van der Waals surface area contributed by atoms with Gasteiger partial charge in [-0.1, -0.05) is 62.3 Å². The van der Waals surface area contributed by atoms with Crippen molar-refractivity contribution in [3.63, 3.8) is 0 Å². The summed E-state index contributed by atoms with van der Waals surface area (Å²) in [4.78, 5) is 12.2. The second-order valence-corrected chi connectivity index (χ2v) is 9.50. The van der Waals surface area contributed by atoms with Crippen molar-refractivity contribution in [2.45, 2.75) is 44.9 Å². The van der Waals surface area contributed by atoms with Crippen LogP contribution in [0.1, 0.15) is 37.7 Å². The van der Waals surface area contributed by atoms with Gasteiger partial charge < -0.3 is 15.9 Å². The van der Waals surface area contributed by atoms with Gasteiger partial charge in [0.2, 0.25) is 11.1 Å². The van der Waals surface area contributed by atoms with Crippen molar-refractivity contribution < 1.29 is 9.53 Å². The number of hydrogen-bond donors (Lipinski definition) is 2. The zero-order chi connectivity index (χ0) is 22.6. The molecule has 0 aliphatic heterocycles. The van der Waals surface area contributed by atoms with Crippen LogP contribution in [0.2, 0.25) is 5.02 Å². The number of aromatic nitrogens is 3. The van der Waals surface area contributed by atoms with Crippen molar-refractivity contribution in [2.24, 2.45) is 0 Å². The van der Waals surface area contributed by atoms with Gasteiger partial charge >= 0.3 is 0 Å². The number of rotatable bonds is 7. The highest BCUT2D eigenvalue weighted by Crippen LogP contribution is 2.25. The first-order valence-electron chi connectivity index (χ1n) is 9.75. The zero-order valence-electron chi connectivity index (χ0n) is 18.0. The number of nitrogens with one attached hydrogen (secondary N) is 1. The van der Waals surface area contributed by atoms with E-state index in [1.807, 2.05) is 37.3 Å². The fourth-order valence-electron chi connectivity index (χ4n) is 2.74. The van der Waals surface area contributed by atoms with Gasteiger partial charge in [-0.15, -0.1) is 10.2 Å². The van der Waals surface area contributed by atoms with E-state index in [2.05, 4.69) is 36.3 Å². The number of ether oxygens (including phenoxy) is 1. The summed E-state index contributed by atoms with van der Waals surface area (Å²) in [7, 11) is 0. The molecule has 1 amide bonds. The lowest BCUT2D eigenvalue weighted by molar-refractivity contribution is -0.113. The lowest BCUT2D eigenvalue weighted by Crippen LogP contribution is -2.18. The summed E-state index contributed by atoms with van der Waals surface area (Å²) in [5.41, 5.74) is 2.90. The number of thioether (sulfide) groups is 1. The highest BCUT2D eigenvalue weighted by atomic mass is 35.5. The standard InChI is InChI=1S/C22H26ClN5O2S/c1-14-5-10-18(17(23)11-14)25-20(29)13-31-21-27-26-19(28(21)24)12-30-16-8-6-15(7-9-16)22(2,3)4/h5-11H,12-13,24H2,1-4H3,(H,25,29). The first kappa shape index (κ1) is 23.0. The maximum Gasteiger partial charge on any atom is 0.234 e. The highest BCUT2D eigenvalue weighted by Gasteiger charge is 2.15. The summed E-state index contributed by atoms with van der Waals surface area (Å²) in [6.07, 6.45) is 0. The summed E-state index contributed by atoms with van der Waals surface area (Å²) < 4.78 is 7.11. The molecule has 1 aromatic heterocycles. The number of nitrogens with two attached hydrogens (primary N) is 1. The Labute approximate surface area is 191 Å². The maximum absolute atomic E-state index is 12.2. The molecule has 2 aromatic carbocycles.